The first-order chi connectivity index (χ1) is 16.6. The van der Waals surface area contributed by atoms with Crippen molar-refractivity contribution in [1.29, 1.82) is 0 Å². The highest BCUT2D eigenvalue weighted by Gasteiger charge is 2.16. The van der Waals surface area contributed by atoms with Crippen LogP contribution in [-0.4, -0.2) is 55.7 Å². The zero-order chi connectivity index (χ0) is 23.8. The number of nitrogens with zero attached hydrogens (tertiary/aromatic N) is 3. The molecule has 0 bridgehead atoms. The van der Waals surface area contributed by atoms with Crippen LogP contribution in [0.25, 0.3) is 0 Å². The summed E-state index contributed by atoms with van der Waals surface area (Å²) >= 11 is 5.86. The van der Waals surface area contributed by atoms with E-state index in [1.165, 1.54) is 5.56 Å². The fourth-order valence-electron chi connectivity index (χ4n) is 3.91. The third-order valence-electron chi connectivity index (χ3n) is 5.67. The van der Waals surface area contributed by atoms with Gasteiger partial charge in [-0.3, -0.25) is 9.69 Å². The van der Waals surface area contributed by atoms with Crippen LogP contribution >= 0.6 is 11.6 Å². The Kier molecular flexibility index (Phi) is 8.22. The molecule has 1 fully saturated rings. The van der Waals surface area contributed by atoms with Crippen molar-refractivity contribution in [3.8, 4) is 11.5 Å². The van der Waals surface area contributed by atoms with E-state index in [4.69, 9.17) is 21.1 Å². The number of anilines is 2. The van der Waals surface area contributed by atoms with Crippen LogP contribution in [0.2, 0.25) is 5.02 Å². The predicted octanol–water partition coefficient (Wildman–Crippen LogP) is 4.47. The number of pyridine rings is 1. The molecule has 0 atom stereocenters. The van der Waals surface area contributed by atoms with Crippen LogP contribution in [0.4, 0.5) is 11.5 Å². The average molecular weight is 481 g/mol. The molecule has 178 valence electrons. The van der Waals surface area contributed by atoms with Crippen molar-refractivity contribution in [1.82, 2.24) is 9.88 Å². The molecule has 0 unspecified atom stereocenters. The Hall–Kier alpha value is -3.29. The van der Waals surface area contributed by atoms with Crippen LogP contribution in [0.5, 0.6) is 11.5 Å². The van der Waals surface area contributed by atoms with Crippen molar-refractivity contribution in [3.63, 3.8) is 0 Å². The molecule has 2 heterocycles. The molecule has 4 rings (SSSR count). The molecule has 3 aromatic rings. The third-order valence-corrected chi connectivity index (χ3v) is 5.92. The highest BCUT2D eigenvalue weighted by Crippen LogP contribution is 2.19. The number of ether oxygens (including phenoxy) is 2. The number of rotatable bonds is 8. The molecule has 1 saturated heterocycles. The van der Waals surface area contributed by atoms with Crippen molar-refractivity contribution in [2.45, 2.75) is 13.0 Å². The van der Waals surface area contributed by atoms with Gasteiger partial charge < -0.3 is 19.7 Å². The quantitative estimate of drug-likeness (QED) is 0.513. The molecule has 8 heteroatoms. The van der Waals surface area contributed by atoms with Gasteiger partial charge in [-0.2, -0.15) is 0 Å². The van der Waals surface area contributed by atoms with E-state index < -0.39 is 0 Å². The Morgan fingerprint density at radius 2 is 1.88 bits per heavy atom. The molecule has 0 aliphatic carbocycles. The molecule has 34 heavy (non-hydrogen) atoms. The first-order valence-electron chi connectivity index (χ1n) is 11.3. The molecule has 0 spiro atoms. The van der Waals surface area contributed by atoms with Gasteiger partial charge in [-0.05, 0) is 60.5 Å². The molecule has 0 radical (unpaired) electrons. The summed E-state index contributed by atoms with van der Waals surface area (Å²) in [5.41, 5.74) is 1.90. The summed E-state index contributed by atoms with van der Waals surface area (Å²) in [6.07, 6.45) is 2.75. The second-order valence-electron chi connectivity index (χ2n) is 8.16. The first-order valence-corrected chi connectivity index (χ1v) is 11.7. The number of carbonyl (C=O) groups excluding carboxylic acids is 1. The minimum Gasteiger partial charge on any atom is -0.497 e. The van der Waals surface area contributed by atoms with Gasteiger partial charge >= 0.3 is 0 Å². The van der Waals surface area contributed by atoms with E-state index in [-0.39, 0.29) is 12.5 Å². The monoisotopic (exact) mass is 480 g/mol. The normalized spacial score (nSPS) is 14.4. The number of halogens is 1. The number of amides is 1. The van der Waals surface area contributed by atoms with E-state index in [0.29, 0.717) is 16.5 Å². The highest BCUT2D eigenvalue weighted by molar-refractivity contribution is 6.30. The molecular formula is C26H29ClN4O3. The summed E-state index contributed by atoms with van der Waals surface area (Å²) < 4.78 is 10.8. The summed E-state index contributed by atoms with van der Waals surface area (Å²) in [6.45, 7) is 4.66. The number of hydrogen-bond donors (Lipinski definition) is 1. The third kappa shape index (κ3) is 6.85. The fraction of sp³-hybridized carbons (Fsp3) is 0.308. The Morgan fingerprint density at radius 1 is 1.03 bits per heavy atom. The van der Waals surface area contributed by atoms with Crippen molar-refractivity contribution in [3.05, 3.63) is 77.4 Å². The molecule has 1 amide bonds. The van der Waals surface area contributed by atoms with E-state index in [2.05, 4.69) is 32.2 Å². The molecule has 1 aliphatic rings. The van der Waals surface area contributed by atoms with Crippen molar-refractivity contribution in [2.24, 2.45) is 0 Å². The van der Waals surface area contributed by atoms with Gasteiger partial charge in [0, 0.05) is 37.7 Å². The Morgan fingerprint density at radius 3 is 2.65 bits per heavy atom. The van der Waals surface area contributed by atoms with Crippen LogP contribution in [0.15, 0.2) is 66.9 Å². The van der Waals surface area contributed by atoms with E-state index >= 15 is 0 Å². The second kappa shape index (κ2) is 11.7. The molecule has 1 aromatic heterocycles. The van der Waals surface area contributed by atoms with Gasteiger partial charge in [-0.25, -0.2) is 4.98 Å². The first kappa shape index (κ1) is 23.9. The minimum atomic E-state index is -0.243. The maximum absolute atomic E-state index is 12.2. The zero-order valence-electron chi connectivity index (χ0n) is 19.2. The van der Waals surface area contributed by atoms with E-state index in [9.17, 15) is 4.79 Å². The highest BCUT2D eigenvalue weighted by atomic mass is 35.5. The fourth-order valence-corrected chi connectivity index (χ4v) is 4.04. The maximum Gasteiger partial charge on any atom is 0.262 e. The van der Waals surface area contributed by atoms with Gasteiger partial charge in [-0.1, -0.05) is 23.7 Å². The van der Waals surface area contributed by atoms with E-state index in [1.54, 1.807) is 37.6 Å². The molecule has 1 aliphatic heterocycles. The molecule has 0 saturated carbocycles. The zero-order valence-corrected chi connectivity index (χ0v) is 20.0. The standard InChI is InChI=1S/C26H29ClN4O3/c1-33-24-5-2-4-20(16-24)18-30-12-3-13-31(15-14-30)25-11-8-22(17-28-25)29-26(32)19-34-23-9-6-21(27)7-10-23/h2,4-11,16-17H,3,12-15,18-19H2,1H3,(H,29,32). The van der Waals surface area contributed by atoms with Crippen molar-refractivity contribution >= 4 is 29.0 Å². The Bertz CT molecular complexity index is 1080. The van der Waals surface area contributed by atoms with Crippen LogP contribution < -0.4 is 19.7 Å². The second-order valence-corrected chi connectivity index (χ2v) is 8.60. The van der Waals surface area contributed by atoms with Gasteiger partial charge in [0.2, 0.25) is 0 Å². The van der Waals surface area contributed by atoms with Crippen molar-refractivity contribution in [2.75, 3.05) is 50.1 Å². The number of benzene rings is 2. The predicted molar refractivity (Wildman–Crippen MR) is 135 cm³/mol. The lowest BCUT2D eigenvalue weighted by Gasteiger charge is -2.23. The number of carbonyl (C=O) groups is 1. The van der Waals surface area contributed by atoms with E-state index in [1.807, 2.05) is 24.3 Å². The topological polar surface area (TPSA) is 66.9 Å². The average Bonchev–Trinajstić information content (AvgIpc) is 3.10. The van der Waals surface area contributed by atoms with E-state index in [0.717, 1.165) is 50.7 Å². The van der Waals surface area contributed by atoms with Gasteiger partial charge in [0.1, 0.15) is 17.3 Å². The van der Waals surface area contributed by atoms with Gasteiger partial charge in [0.05, 0.1) is 19.0 Å². The van der Waals surface area contributed by atoms with Crippen LogP contribution in [-0.2, 0) is 11.3 Å². The summed E-state index contributed by atoms with van der Waals surface area (Å²) in [5.74, 6) is 2.16. The molecule has 7 nitrogen and oxygen atoms in total. The largest absolute Gasteiger partial charge is 0.497 e. The summed E-state index contributed by atoms with van der Waals surface area (Å²) in [7, 11) is 1.70. The van der Waals surface area contributed by atoms with Gasteiger partial charge in [-0.15, -0.1) is 0 Å². The number of aromatic nitrogens is 1. The smallest absolute Gasteiger partial charge is 0.262 e. The molecule has 2 aromatic carbocycles. The van der Waals surface area contributed by atoms with Crippen LogP contribution in [0, 0.1) is 0 Å². The minimum absolute atomic E-state index is 0.0847. The molecule has 1 N–H and O–H groups in total. The van der Waals surface area contributed by atoms with Gasteiger partial charge in [0.15, 0.2) is 6.61 Å². The van der Waals surface area contributed by atoms with Crippen LogP contribution in [0.3, 0.4) is 0 Å². The maximum atomic E-state index is 12.2. The number of nitrogens with one attached hydrogen (secondary N) is 1. The number of hydrogen-bond acceptors (Lipinski definition) is 6. The number of methoxy groups -OCH3 is 1. The Balaban J connectivity index is 1.26. The lowest BCUT2D eigenvalue weighted by Crippen LogP contribution is -2.31. The SMILES string of the molecule is COc1cccc(CN2CCCN(c3ccc(NC(=O)COc4ccc(Cl)cc4)cn3)CC2)c1. The van der Waals surface area contributed by atoms with Crippen LogP contribution in [0.1, 0.15) is 12.0 Å². The Labute approximate surface area is 205 Å². The summed E-state index contributed by atoms with van der Waals surface area (Å²) in [4.78, 5) is 21.5. The molecular weight excluding hydrogens is 452 g/mol. The summed E-state index contributed by atoms with van der Waals surface area (Å²) in [5, 5.41) is 3.44. The van der Waals surface area contributed by atoms with Gasteiger partial charge in [0.25, 0.3) is 5.91 Å². The summed E-state index contributed by atoms with van der Waals surface area (Å²) in [6, 6.07) is 19.0. The van der Waals surface area contributed by atoms with Crippen molar-refractivity contribution < 1.29 is 14.3 Å². The lowest BCUT2D eigenvalue weighted by molar-refractivity contribution is -0.118. The lowest BCUT2D eigenvalue weighted by atomic mass is 10.2.